The van der Waals surface area contributed by atoms with E-state index in [9.17, 15) is 14.7 Å². The number of rotatable bonds is 4. The summed E-state index contributed by atoms with van der Waals surface area (Å²) in [7, 11) is 2.58. The number of carbonyl (C=O) groups excluding carboxylic acids is 2. The molecule has 140 valence electrons. The van der Waals surface area contributed by atoms with Crippen molar-refractivity contribution in [2.75, 3.05) is 14.2 Å². The Morgan fingerprint density at radius 3 is 1.62 bits per heavy atom. The fourth-order valence-electron chi connectivity index (χ4n) is 1.76. The molecule has 0 bridgehead atoms. The molecule has 0 heterocycles. The van der Waals surface area contributed by atoms with Gasteiger partial charge < -0.3 is 14.6 Å². The first kappa shape index (κ1) is 22.4. The summed E-state index contributed by atoms with van der Waals surface area (Å²) in [5, 5.41) is 10.6. The van der Waals surface area contributed by atoms with Crippen molar-refractivity contribution in [2.24, 2.45) is 0 Å². The number of hydrogen-bond donors (Lipinski definition) is 1. The van der Waals surface area contributed by atoms with Crippen molar-refractivity contribution < 1.29 is 24.2 Å². The Morgan fingerprint density at radius 1 is 0.846 bits per heavy atom. The Kier molecular flexibility index (Phi) is 9.65. The standard InChI is InChI=1S/C9H8BrClO2.C9H9ClO3/c1-13-9(12)8(10)6-2-4-7(11)5-3-6;1-13-9(12)8(11)6-2-4-7(10)5-3-6/h2-5,8H,1H3;2-5,8,11H,1H3. The van der Waals surface area contributed by atoms with Gasteiger partial charge in [-0.3, -0.25) is 4.79 Å². The molecule has 0 aliphatic rings. The van der Waals surface area contributed by atoms with Gasteiger partial charge in [0.15, 0.2) is 6.10 Å². The molecule has 0 aliphatic carbocycles. The Bertz CT molecular complexity index is 656. The number of ether oxygens (including phenoxy) is 2. The van der Waals surface area contributed by atoms with Crippen LogP contribution >= 0.6 is 39.1 Å². The molecule has 8 heteroatoms. The van der Waals surface area contributed by atoms with E-state index in [0.29, 0.717) is 15.6 Å². The average Bonchev–Trinajstić information content (AvgIpc) is 2.67. The SMILES string of the molecule is COC(=O)C(Br)c1ccc(Cl)cc1.COC(=O)C(O)c1ccc(Cl)cc1. The van der Waals surface area contributed by atoms with Crippen LogP contribution in [-0.4, -0.2) is 31.3 Å². The van der Waals surface area contributed by atoms with E-state index in [1.807, 2.05) is 0 Å². The fraction of sp³-hybridized carbons (Fsp3) is 0.222. The number of hydrogen-bond acceptors (Lipinski definition) is 5. The normalized spacial score (nSPS) is 12.2. The number of benzene rings is 2. The van der Waals surface area contributed by atoms with Gasteiger partial charge in [0.1, 0.15) is 4.83 Å². The summed E-state index contributed by atoms with van der Waals surface area (Å²) < 4.78 is 8.95. The van der Waals surface area contributed by atoms with E-state index in [1.54, 1.807) is 48.5 Å². The molecule has 0 spiro atoms. The number of esters is 2. The summed E-state index contributed by atoms with van der Waals surface area (Å²) in [5.74, 6) is -0.996. The van der Waals surface area contributed by atoms with Crippen LogP contribution in [0.3, 0.4) is 0 Å². The summed E-state index contributed by atoms with van der Waals surface area (Å²) in [6, 6.07) is 13.4. The number of alkyl halides is 1. The van der Waals surface area contributed by atoms with Gasteiger partial charge in [-0.15, -0.1) is 0 Å². The highest BCUT2D eigenvalue weighted by atomic mass is 79.9. The van der Waals surface area contributed by atoms with E-state index in [4.69, 9.17) is 23.2 Å². The topological polar surface area (TPSA) is 72.8 Å². The molecule has 2 unspecified atom stereocenters. The van der Waals surface area contributed by atoms with Crippen molar-refractivity contribution in [1.82, 2.24) is 0 Å². The first-order valence-corrected chi connectivity index (χ1v) is 8.96. The third-order valence-corrected chi connectivity index (χ3v) is 4.59. The number of aliphatic hydroxyl groups excluding tert-OH is 1. The van der Waals surface area contributed by atoms with Crippen LogP contribution in [-0.2, 0) is 19.1 Å². The van der Waals surface area contributed by atoms with Crippen LogP contribution in [0.1, 0.15) is 22.1 Å². The molecule has 0 aromatic heterocycles. The fourth-order valence-corrected chi connectivity index (χ4v) is 2.51. The smallest absolute Gasteiger partial charge is 0.339 e. The van der Waals surface area contributed by atoms with Crippen LogP contribution in [0.15, 0.2) is 48.5 Å². The van der Waals surface area contributed by atoms with Crippen molar-refractivity contribution in [2.45, 2.75) is 10.9 Å². The molecule has 2 atom stereocenters. The van der Waals surface area contributed by atoms with Crippen molar-refractivity contribution in [1.29, 1.82) is 0 Å². The van der Waals surface area contributed by atoms with E-state index < -0.39 is 16.9 Å². The molecule has 1 N–H and O–H groups in total. The summed E-state index contributed by atoms with van der Waals surface area (Å²) in [4.78, 5) is 21.6. The van der Waals surface area contributed by atoms with Crippen molar-refractivity contribution in [3.63, 3.8) is 0 Å². The summed E-state index contributed by atoms with van der Waals surface area (Å²) >= 11 is 14.5. The molecule has 0 amide bonds. The highest BCUT2D eigenvalue weighted by Crippen LogP contribution is 2.25. The zero-order valence-corrected chi connectivity index (χ0v) is 17.1. The third-order valence-electron chi connectivity index (χ3n) is 3.18. The molecule has 0 fully saturated rings. The zero-order valence-electron chi connectivity index (χ0n) is 14.0. The van der Waals surface area contributed by atoms with Crippen molar-refractivity contribution >= 4 is 51.1 Å². The molecular weight excluding hydrogens is 447 g/mol. The molecule has 2 aromatic carbocycles. The van der Waals surface area contributed by atoms with Crippen LogP contribution in [0, 0.1) is 0 Å². The lowest BCUT2D eigenvalue weighted by Crippen LogP contribution is -2.13. The quantitative estimate of drug-likeness (QED) is 0.534. The second kappa shape index (κ2) is 11.2. The van der Waals surface area contributed by atoms with Gasteiger partial charge in [0.05, 0.1) is 14.2 Å². The number of aliphatic hydroxyl groups is 1. The largest absolute Gasteiger partial charge is 0.468 e. The number of methoxy groups -OCH3 is 2. The maximum absolute atomic E-state index is 11.1. The lowest BCUT2D eigenvalue weighted by atomic mass is 10.1. The van der Waals surface area contributed by atoms with Gasteiger partial charge in [-0.05, 0) is 35.4 Å². The monoisotopic (exact) mass is 462 g/mol. The Labute approximate surface area is 170 Å². The molecule has 0 radical (unpaired) electrons. The average molecular weight is 464 g/mol. The molecule has 0 saturated heterocycles. The predicted molar refractivity (Wildman–Crippen MR) is 104 cm³/mol. The summed E-state index contributed by atoms with van der Waals surface area (Å²) in [6.07, 6.45) is -1.23. The van der Waals surface area contributed by atoms with Gasteiger partial charge in [0, 0.05) is 10.0 Å². The second-order valence-electron chi connectivity index (χ2n) is 4.91. The van der Waals surface area contributed by atoms with Gasteiger partial charge in [-0.25, -0.2) is 4.79 Å². The molecule has 0 saturated carbocycles. The number of halogens is 3. The van der Waals surface area contributed by atoms with Gasteiger partial charge >= 0.3 is 11.9 Å². The lowest BCUT2D eigenvalue weighted by molar-refractivity contribution is -0.150. The van der Waals surface area contributed by atoms with E-state index in [-0.39, 0.29) is 5.97 Å². The van der Waals surface area contributed by atoms with Crippen LogP contribution in [0.4, 0.5) is 0 Å². The lowest BCUT2D eigenvalue weighted by Gasteiger charge is -2.07. The van der Waals surface area contributed by atoms with Crippen molar-refractivity contribution in [3.8, 4) is 0 Å². The zero-order chi connectivity index (χ0) is 19.7. The van der Waals surface area contributed by atoms with E-state index in [2.05, 4.69) is 25.4 Å². The van der Waals surface area contributed by atoms with E-state index in [1.165, 1.54) is 14.2 Å². The molecule has 26 heavy (non-hydrogen) atoms. The Hall–Kier alpha value is -1.60. The minimum absolute atomic E-state index is 0.317. The summed E-state index contributed by atoms with van der Waals surface area (Å²) in [6.45, 7) is 0. The molecular formula is C18H17BrCl2O5. The Morgan fingerprint density at radius 2 is 1.23 bits per heavy atom. The van der Waals surface area contributed by atoms with Gasteiger partial charge in [0.25, 0.3) is 0 Å². The van der Waals surface area contributed by atoms with E-state index >= 15 is 0 Å². The summed E-state index contributed by atoms with van der Waals surface area (Å²) in [5.41, 5.74) is 1.30. The van der Waals surface area contributed by atoms with Crippen molar-refractivity contribution in [3.05, 3.63) is 69.7 Å². The maximum Gasteiger partial charge on any atom is 0.339 e. The van der Waals surface area contributed by atoms with Gasteiger partial charge in [-0.2, -0.15) is 0 Å². The molecule has 2 rings (SSSR count). The van der Waals surface area contributed by atoms with Gasteiger partial charge in [0.2, 0.25) is 0 Å². The third kappa shape index (κ3) is 6.96. The van der Waals surface area contributed by atoms with E-state index in [0.717, 1.165) is 5.56 Å². The second-order valence-corrected chi connectivity index (χ2v) is 6.70. The van der Waals surface area contributed by atoms with Crippen LogP contribution in [0.2, 0.25) is 10.0 Å². The molecule has 2 aromatic rings. The highest BCUT2D eigenvalue weighted by Gasteiger charge is 2.17. The number of carbonyl (C=O) groups is 2. The minimum Gasteiger partial charge on any atom is -0.468 e. The molecule has 5 nitrogen and oxygen atoms in total. The van der Waals surface area contributed by atoms with Crippen LogP contribution < -0.4 is 0 Å². The first-order chi connectivity index (χ1) is 12.3. The van der Waals surface area contributed by atoms with Gasteiger partial charge in [-0.1, -0.05) is 63.4 Å². The van der Waals surface area contributed by atoms with Crippen LogP contribution in [0.5, 0.6) is 0 Å². The van der Waals surface area contributed by atoms with Crippen LogP contribution in [0.25, 0.3) is 0 Å². The highest BCUT2D eigenvalue weighted by molar-refractivity contribution is 9.09. The Balaban J connectivity index is 0.000000260. The maximum atomic E-state index is 11.1. The molecule has 0 aliphatic heterocycles. The predicted octanol–water partition coefficient (Wildman–Crippen LogP) is 4.50. The first-order valence-electron chi connectivity index (χ1n) is 7.28. The minimum atomic E-state index is -1.23.